The first-order chi connectivity index (χ1) is 6.72. The van der Waals surface area contributed by atoms with Crippen LogP contribution in [0.1, 0.15) is 25.8 Å². The minimum absolute atomic E-state index is 0.529. The molecule has 0 amide bonds. The molecule has 0 spiro atoms. The highest BCUT2D eigenvalue weighted by Crippen LogP contribution is 2.09. The molecule has 78 valence electrons. The van der Waals surface area contributed by atoms with Gasteiger partial charge in [-0.3, -0.25) is 0 Å². The molecule has 0 saturated carbocycles. The van der Waals surface area contributed by atoms with Crippen LogP contribution in [0.2, 0.25) is 0 Å². The van der Waals surface area contributed by atoms with Gasteiger partial charge in [0.05, 0.1) is 0 Å². The molecule has 2 heteroatoms. The number of nitrogens with one attached hydrogen (secondary N) is 1. The Bertz CT molecular complexity index is 253. The predicted molar refractivity (Wildman–Crippen MR) is 64.9 cm³/mol. The Morgan fingerprint density at radius 1 is 1.50 bits per heavy atom. The zero-order valence-electron chi connectivity index (χ0n) is 8.99. The van der Waals surface area contributed by atoms with Gasteiger partial charge in [0.15, 0.2) is 0 Å². The maximum atomic E-state index is 3.75. The SMILES string of the molecule is C=CCC(C)NC(C)Cc1ccsc1. The Morgan fingerprint density at radius 3 is 2.86 bits per heavy atom. The third-order valence-corrected chi connectivity index (χ3v) is 2.94. The molecule has 1 N–H and O–H groups in total. The zero-order valence-corrected chi connectivity index (χ0v) is 9.81. The van der Waals surface area contributed by atoms with Crippen LogP contribution in [0.5, 0.6) is 0 Å². The van der Waals surface area contributed by atoms with E-state index in [1.807, 2.05) is 6.08 Å². The van der Waals surface area contributed by atoms with Gasteiger partial charge < -0.3 is 5.32 Å². The van der Waals surface area contributed by atoms with E-state index in [1.54, 1.807) is 11.3 Å². The maximum absolute atomic E-state index is 3.75. The van der Waals surface area contributed by atoms with E-state index < -0.39 is 0 Å². The lowest BCUT2D eigenvalue weighted by Crippen LogP contribution is -2.35. The molecule has 0 aliphatic rings. The summed E-state index contributed by atoms with van der Waals surface area (Å²) in [5.74, 6) is 0. The van der Waals surface area contributed by atoms with Crippen molar-refractivity contribution in [3.05, 3.63) is 35.0 Å². The van der Waals surface area contributed by atoms with E-state index in [2.05, 4.69) is 42.6 Å². The van der Waals surface area contributed by atoms with Gasteiger partial charge in [0.25, 0.3) is 0 Å². The molecule has 0 aliphatic carbocycles. The lowest BCUT2D eigenvalue weighted by molar-refractivity contribution is 0.467. The van der Waals surface area contributed by atoms with Crippen molar-refractivity contribution in [3.63, 3.8) is 0 Å². The van der Waals surface area contributed by atoms with Crippen LogP contribution >= 0.6 is 11.3 Å². The quantitative estimate of drug-likeness (QED) is 0.709. The van der Waals surface area contributed by atoms with E-state index in [9.17, 15) is 0 Å². The van der Waals surface area contributed by atoms with Gasteiger partial charge in [0.1, 0.15) is 0 Å². The van der Waals surface area contributed by atoms with Gasteiger partial charge in [0.2, 0.25) is 0 Å². The molecule has 1 aromatic heterocycles. The summed E-state index contributed by atoms with van der Waals surface area (Å²) in [5, 5.41) is 7.91. The third kappa shape index (κ3) is 4.07. The lowest BCUT2D eigenvalue weighted by atomic mass is 10.1. The molecule has 0 saturated heterocycles. The zero-order chi connectivity index (χ0) is 10.4. The Balaban J connectivity index is 2.28. The van der Waals surface area contributed by atoms with Gasteiger partial charge in [0, 0.05) is 12.1 Å². The molecule has 0 bridgehead atoms. The van der Waals surface area contributed by atoms with Crippen LogP contribution in [0.15, 0.2) is 29.5 Å². The second-order valence-electron chi connectivity index (χ2n) is 3.83. The normalized spacial score (nSPS) is 15.0. The fourth-order valence-corrected chi connectivity index (χ4v) is 2.31. The van der Waals surface area contributed by atoms with E-state index in [1.165, 1.54) is 5.56 Å². The predicted octanol–water partition coefficient (Wildman–Crippen LogP) is 3.23. The minimum atomic E-state index is 0.529. The molecule has 0 aromatic carbocycles. The highest BCUT2D eigenvalue weighted by molar-refractivity contribution is 7.07. The fraction of sp³-hybridized carbons (Fsp3) is 0.500. The highest BCUT2D eigenvalue weighted by Gasteiger charge is 2.06. The van der Waals surface area contributed by atoms with Gasteiger partial charge in [-0.15, -0.1) is 6.58 Å². The molecule has 2 atom stereocenters. The first-order valence-electron chi connectivity index (χ1n) is 5.10. The summed E-state index contributed by atoms with van der Waals surface area (Å²) in [5.41, 5.74) is 1.43. The van der Waals surface area contributed by atoms with Gasteiger partial charge in [-0.05, 0) is 49.1 Å². The summed E-state index contributed by atoms with van der Waals surface area (Å²) >= 11 is 1.77. The Labute approximate surface area is 90.9 Å². The summed E-state index contributed by atoms with van der Waals surface area (Å²) in [6.07, 6.45) is 4.12. The number of hydrogen-bond donors (Lipinski definition) is 1. The van der Waals surface area contributed by atoms with Crippen molar-refractivity contribution in [2.45, 2.75) is 38.8 Å². The third-order valence-electron chi connectivity index (χ3n) is 2.21. The van der Waals surface area contributed by atoms with Gasteiger partial charge in [-0.25, -0.2) is 0 Å². The van der Waals surface area contributed by atoms with Crippen molar-refractivity contribution in [2.24, 2.45) is 0 Å². The molecular weight excluding hydrogens is 190 g/mol. The van der Waals surface area contributed by atoms with Crippen molar-refractivity contribution >= 4 is 11.3 Å². The monoisotopic (exact) mass is 209 g/mol. The summed E-state index contributed by atoms with van der Waals surface area (Å²) < 4.78 is 0. The van der Waals surface area contributed by atoms with Crippen LogP contribution in [-0.2, 0) is 6.42 Å². The van der Waals surface area contributed by atoms with E-state index in [-0.39, 0.29) is 0 Å². The Kier molecular flexibility index (Phi) is 4.91. The molecule has 0 radical (unpaired) electrons. The molecule has 2 unspecified atom stereocenters. The standard InChI is InChI=1S/C12H19NS/c1-4-5-10(2)13-11(3)8-12-6-7-14-9-12/h4,6-7,9-11,13H,1,5,8H2,2-3H3. The van der Waals surface area contributed by atoms with Crippen molar-refractivity contribution in [2.75, 3.05) is 0 Å². The lowest BCUT2D eigenvalue weighted by Gasteiger charge is -2.18. The van der Waals surface area contributed by atoms with Crippen molar-refractivity contribution in [3.8, 4) is 0 Å². The van der Waals surface area contributed by atoms with Crippen molar-refractivity contribution in [1.29, 1.82) is 0 Å². The van der Waals surface area contributed by atoms with E-state index in [4.69, 9.17) is 0 Å². The van der Waals surface area contributed by atoms with E-state index >= 15 is 0 Å². The molecule has 0 aliphatic heterocycles. The molecule has 1 nitrogen and oxygen atoms in total. The first-order valence-corrected chi connectivity index (χ1v) is 6.04. The van der Waals surface area contributed by atoms with Crippen LogP contribution in [0.25, 0.3) is 0 Å². The van der Waals surface area contributed by atoms with Crippen LogP contribution < -0.4 is 5.32 Å². The molecule has 1 rings (SSSR count). The molecule has 14 heavy (non-hydrogen) atoms. The number of thiophene rings is 1. The average molecular weight is 209 g/mol. The molecular formula is C12H19NS. The van der Waals surface area contributed by atoms with Crippen LogP contribution in [0, 0.1) is 0 Å². The molecule has 0 fully saturated rings. The van der Waals surface area contributed by atoms with E-state index in [0.29, 0.717) is 12.1 Å². The van der Waals surface area contributed by atoms with Crippen LogP contribution in [0.4, 0.5) is 0 Å². The number of hydrogen-bond acceptors (Lipinski definition) is 2. The van der Waals surface area contributed by atoms with Crippen molar-refractivity contribution in [1.82, 2.24) is 5.32 Å². The van der Waals surface area contributed by atoms with Gasteiger partial charge in [-0.1, -0.05) is 6.08 Å². The maximum Gasteiger partial charge on any atom is 0.00820 e. The van der Waals surface area contributed by atoms with Gasteiger partial charge >= 0.3 is 0 Å². The first kappa shape index (κ1) is 11.5. The number of rotatable bonds is 6. The summed E-state index contributed by atoms with van der Waals surface area (Å²) in [7, 11) is 0. The second kappa shape index (κ2) is 5.99. The van der Waals surface area contributed by atoms with Gasteiger partial charge in [-0.2, -0.15) is 11.3 Å². The molecule has 1 heterocycles. The average Bonchev–Trinajstić information content (AvgIpc) is 2.56. The summed E-state index contributed by atoms with van der Waals surface area (Å²) in [4.78, 5) is 0. The van der Waals surface area contributed by atoms with Crippen molar-refractivity contribution < 1.29 is 0 Å². The minimum Gasteiger partial charge on any atom is -0.311 e. The fourth-order valence-electron chi connectivity index (χ4n) is 1.63. The Hall–Kier alpha value is -0.600. The summed E-state index contributed by atoms with van der Waals surface area (Å²) in [6, 6.07) is 3.27. The second-order valence-corrected chi connectivity index (χ2v) is 4.61. The Morgan fingerprint density at radius 2 is 2.29 bits per heavy atom. The van der Waals surface area contributed by atoms with Crippen LogP contribution in [0.3, 0.4) is 0 Å². The largest absolute Gasteiger partial charge is 0.311 e. The topological polar surface area (TPSA) is 12.0 Å². The van der Waals surface area contributed by atoms with Crippen LogP contribution in [-0.4, -0.2) is 12.1 Å². The molecule has 1 aromatic rings. The van der Waals surface area contributed by atoms with E-state index in [0.717, 1.165) is 12.8 Å². The highest BCUT2D eigenvalue weighted by atomic mass is 32.1. The smallest absolute Gasteiger partial charge is 0.00820 e. The summed E-state index contributed by atoms with van der Waals surface area (Å²) in [6.45, 7) is 8.18.